The minimum Gasteiger partial charge on any atom is -0.0625 e. The van der Waals surface area contributed by atoms with Gasteiger partial charge in [-0.25, -0.2) is 0 Å². The summed E-state index contributed by atoms with van der Waals surface area (Å²) in [5, 5.41) is 0. The first kappa shape index (κ1) is 15.1. The van der Waals surface area contributed by atoms with Crippen LogP contribution in [-0.4, -0.2) is 0 Å². The van der Waals surface area contributed by atoms with Crippen LogP contribution in [0, 0.1) is 40.9 Å². The fourth-order valence-electron chi connectivity index (χ4n) is 4.62. The normalized spacial score (nSPS) is 33.4. The molecule has 1 aliphatic rings. The van der Waals surface area contributed by atoms with E-state index >= 15 is 0 Å². The van der Waals surface area contributed by atoms with Crippen molar-refractivity contribution in [3.63, 3.8) is 0 Å². The van der Waals surface area contributed by atoms with Gasteiger partial charge in [0.25, 0.3) is 0 Å². The van der Waals surface area contributed by atoms with Crippen molar-refractivity contribution in [2.75, 3.05) is 0 Å². The quantitative estimate of drug-likeness (QED) is 0.596. The van der Waals surface area contributed by atoms with Gasteiger partial charge < -0.3 is 0 Å². The summed E-state index contributed by atoms with van der Waals surface area (Å²) in [6.07, 6.45) is 2.92. The Balaban J connectivity index is 2.58. The average molecular weight is 238 g/mol. The topological polar surface area (TPSA) is 0 Å². The summed E-state index contributed by atoms with van der Waals surface area (Å²) in [4.78, 5) is 0. The van der Waals surface area contributed by atoms with Crippen molar-refractivity contribution in [2.24, 2.45) is 40.9 Å². The highest BCUT2D eigenvalue weighted by Gasteiger charge is 2.39. The van der Waals surface area contributed by atoms with Gasteiger partial charge in [0.2, 0.25) is 0 Å². The molecular formula is C17H34. The van der Waals surface area contributed by atoms with Crippen molar-refractivity contribution in [2.45, 2.75) is 68.2 Å². The van der Waals surface area contributed by atoms with Gasteiger partial charge in [-0.2, -0.15) is 0 Å². The van der Waals surface area contributed by atoms with Crippen LogP contribution in [0.2, 0.25) is 0 Å². The fourth-order valence-corrected chi connectivity index (χ4v) is 4.62. The Morgan fingerprint density at radius 2 is 1.59 bits per heavy atom. The Labute approximate surface area is 110 Å². The van der Waals surface area contributed by atoms with Crippen LogP contribution in [0.3, 0.4) is 0 Å². The van der Waals surface area contributed by atoms with E-state index in [-0.39, 0.29) is 0 Å². The molecule has 0 spiro atoms. The standard InChI is InChI=1S/C17H34/c1-11(2)16(17(6,7)8)13(4)10-15-9-12(3)14(15)5/h11-16H,9-10H2,1-8H3. The molecule has 1 fully saturated rings. The predicted molar refractivity (Wildman–Crippen MR) is 78.0 cm³/mol. The molecule has 5 unspecified atom stereocenters. The lowest BCUT2D eigenvalue weighted by Gasteiger charge is -2.46. The summed E-state index contributed by atoms with van der Waals surface area (Å²) >= 11 is 0. The summed E-state index contributed by atoms with van der Waals surface area (Å²) in [6.45, 7) is 19.4. The van der Waals surface area contributed by atoms with Crippen LogP contribution in [0.15, 0.2) is 0 Å². The molecule has 0 nitrogen and oxygen atoms in total. The van der Waals surface area contributed by atoms with Crippen LogP contribution in [0.25, 0.3) is 0 Å². The summed E-state index contributed by atoms with van der Waals surface area (Å²) in [5.41, 5.74) is 0.451. The van der Waals surface area contributed by atoms with E-state index in [2.05, 4.69) is 55.4 Å². The molecule has 0 aromatic heterocycles. The number of hydrogen-bond acceptors (Lipinski definition) is 0. The first-order valence-corrected chi connectivity index (χ1v) is 7.64. The highest BCUT2D eigenvalue weighted by Crippen LogP contribution is 2.47. The molecule has 0 saturated heterocycles. The Hall–Kier alpha value is 0. The molecular weight excluding hydrogens is 204 g/mol. The van der Waals surface area contributed by atoms with Gasteiger partial charge in [-0.15, -0.1) is 0 Å². The Morgan fingerprint density at radius 1 is 1.06 bits per heavy atom. The predicted octanol–water partition coefficient (Wildman–Crippen LogP) is 5.62. The van der Waals surface area contributed by atoms with E-state index in [1.807, 2.05) is 0 Å². The van der Waals surface area contributed by atoms with Gasteiger partial charge in [-0.05, 0) is 53.8 Å². The second kappa shape index (κ2) is 5.33. The SMILES string of the molecule is CC(C)C(C(C)CC1CC(C)C1C)C(C)(C)C. The van der Waals surface area contributed by atoms with Crippen LogP contribution >= 0.6 is 0 Å². The average Bonchev–Trinajstić information content (AvgIpc) is 2.13. The molecule has 1 aliphatic carbocycles. The molecule has 0 aromatic rings. The molecule has 5 atom stereocenters. The molecule has 0 aliphatic heterocycles. The van der Waals surface area contributed by atoms with Gasteiger partial charge in [0.15, 0.2) is 0 Å². The lowest BCUT2D eigenvalue weighted by molar-refractivity contribution is 0.0369. The van der Waals surface area contributed by atoms with E-state index in [1.54, 1.807) is 0 Å². The number of hydrogen-bond donors (Lipinski definition) is 0. The molecule has 17 heavy (non-hydrogen) atoms. The van der Waals surface area contributed by atoms with Crippen molar-refractivity contribution >= 4 is 0 Å². The molecule has 0 aromatic carbocycles. The molecule has 1 rings (SSSR count). The largest absolute Gasteiger partial charge is 0.0625 e. The second-order valence-corrected chi connectivity index (χ2v) is 8.18. The van der Waals surface area contributed by atoms with Gasteiger partial charge in [0.05, 0.1) is 0 Å². The molecule has 0 heterocycles. The molecule has 0 N–H and O–H groups in total. The third-order valence-electron chi connectivity index (χ3n) is 5.32. The van der Waals surface area contributed by atoms with Gasteiger partial charge >= 0.3 is 0 Å². The van der Waals surface area contributed by atoms with Crippen molar-refractivity contribution in [3.8, 4) is 0 Å². The lowest BCUT2D eigenvalue weighted by atomic mass is 9.60. The van der Waals surface area contributed by atoms with Crippen LogP contribution in [0.1, 0.15) is 68.2 Å². The van der Waals surface area contributed by atoms with Crippen molar-refractivity contribution in [1.29, 1.82) is 0 Å². The molecule has 0 heteroatoms. The van der Waals surface area contributed by atoms with Gasteiger partial charge in [-0.1, -0.05) is 55.4 Å². The van der Waals surface area contributed by atoms with E-state index in [4.69, 9.17) is 0 Å². The Kier molecular flexibility index (Phi) is 4.72. The maximum atomic E-state index is 2.49. The molecule has 0 bridgehead atoms. The number of rotatable bonds is 4. The van der Waals surface area contributed by atoms with Gasteiger partial charge in [0, 0.05) is 0 Å². The first-order valence-electron chi connectivity index (χ1n) is 7.64. The van der Waals surface area contributed by atoms with Crippen molar-refractivity contribution in [1.82, 2.24) is 0 Å². The molecule has 1 saturated carbocycles. The first-order chi connectivity index (χ1) is 7.64. The maximum absolute atomic E-state index is 2.49. The lowest BCUT2D eigenvalue weighted by Crippen LogP contribution is -2.38. The van der Waals surface area contributed by atoms with E-state index in [1.165, 1.54) is 12.8 Å². The highest BCUT2D eigenvalue weighted by molar-refractivity contribution is 4.88. The Morgan fingerprint density at radius 3 is 1.88 bits per heavy atom. The maximum Gasteiger partial charge on any atom is -0.0316 e. The summed E-state index contributed by atoms with van der Waals surface area (Å²) < 4.78 is 0. The third kappa shape index (κ3) is 3.48. The zero-order valence-electron chi connectivity index (χ0n) is 13.4. The molecule has 0 amide bonds. The van der Waals surface area contributed by atoms with Crippen molar-refractivity contribution in [3.05, 3.63) is 0 Å². The van der Waals surface area contributed by atoms with E-state index in [0.29, 0.717) is 5.41 Å². The van der Waals surface area contributed by atoms with Gasteiger partial charge in [0.1, 0.15) is 0 Å². The molecule has 102 valence electrons. The van der Waals surface area contributed by atoms with Crippen LogP contribution in [-0.2, 0) is 0 Å². The molecule has 0 radical (unpaired) electrons. The van der Waals surface area contributed by atoms with E-state index in [9.17, 15) is 0 Å². The van der Waals surface area contributed by atoms with E-state index < -0.39 is 0 Å². The monoisotopic (exact) mass is 238 g/mol. The van der Waals surface area contributed by atoms with Crippen LogP contribution < -0.4 is 0 Å². The Bertz CT molecular complexity index is 233. The minimum atomic E-state index is 0.451. The second-order valence-electron chi connectivity index (χ2n) is 8.18. The van der Waals surface area contributed by atoms with Crippen LogP contribution in [0.4, 0.5) is 0 Å². The summed E-state index contributed by atoms with van der Waals surface area (Å²) in [6, 6.07) is 0. The zero-order valence-corrected chi connectivity index (χ0v) is 13.4. The third-order valence-corrected chi connectivity index (χ3v) is 5.32. The van der Waals surface area contributed by atoms with Crippen molar-refractivity contribution < 1.29 is 0 Å². The fraction of sp³-hybridized carbons (Fsp3) is 1.00. The van der Waals surface area contributed by atoms with E-state index in [0.717, 1.165) is 35.5 Å². The minimum absolute atomic E-state index is 0.451. The smallest absolute Gasteiger partial charge is 0.0316 e. The summed E-state index contributed by atoms with van der Waals surface area (Å²) in [7, 11) is 0. The van der Waals surface area contributed by atoms with Crippen LogP contribution in [0.5, 0.6) is 0 Å². The summed E-state index contributed by atoms with van der Waals surface area (Å²) in [5.74, 6) is 5.46. The van der Waals surface area contributed by atoms with Gasteiger partial charge in [-0.3, -0.25) is 0 Å². The highest BCUT2D eigenvalue weighted by atomic mass is 14.4. The zero-order chi connectivity index (χ0) is 13.4.